The minimum Gasteiger partial charge on any atom is -0.445 e. The molecule has 0 spiro atoms. The number of aromatic nitrogens is 1. The molecule has 6 nitrogen and oxygen atoms in total. The van der Waals surface area contributed by atoms with Gasteiger partial charge < -0.3 is 19.8 Å². The van der Waals surface area contributed by atoms with Crippen LogP contribution < -0.4 is 5.32 Å². The number of rotatable bonds is 10. The molecule has 0 saturated heterocycles. The largest absolute Gasteiger partial charge is 0.445 e. The van der Waals surface area contributed by atoms with E-state index in [1.54, 1.807) is 0 Å². The zero-order chi connectivity index (χ0) is 22.1. The predicted octanol–water partition coefficient (Wildman–Crippen LogP) is 5.25. The summed E-state index contributed by atoms with van der Waals surface area (Å²) in [5.41, 5.74) is 2.73. The summed E-state index contributed by atoms with van der Waals surface area (Å²) in [6.45, 7) is 5.99. The number of alkyl carbamates (subject to hydrolysis) is 1. The van der Waals surface area contributed by atoms with Crippen LogP contribution in [0.1, 0.15) is 37.3 Å². The number of para-hydroxylation sites is 1. The second-order valence-electron chi connectivity index (χ2n) is 7.39. The van der Waals surface area contributed by atoms with E-state index in [0.717, 1.165) is 34.9 Å². The minimum absolute atomic E-state index is 0.116. The maximum atomic E-state index is 12.8. The van der Waals surface area contributed by atoms with Gasteiger partial charge in [-0.15, -0.1) is 0 Å². The smallest absolute Gasteiger partial charge is 0.408 e. The lowest BCUT2D eigenvalue weighted by Gasteiger charge is -2.18. The average Bonchev–Trinajstić information content (AvgIpc) is 3.19. The van der Waals surface area contributed by atoms with Crippen LogP contribution in [-0.2, 0) is 27.3 Å². The zero-order valence-electron chi connectivity index (χ0n) is 17.7. The molecular formula is C25H28N2O4. The number of carbonyl (C=O) groups excluding carboxylic acids is 2. The number of allylic oxidation sites excluding steroid dienone is 1. The molecule has 3 aromatic rings. The van der Waals surface area contributed by atoms with E-state index in [0.29, 0.717) is 12.2 Å². The van der Waals surface area contributed by atoms with Gasteiger partial charge in [-0.05, 0) is 23.6 Å². The Balaban J connectivity index is 1.69. The van der Waals surface area contributed by atoms with Gasteiger partial charge in [-0.25, -0.2) is 9.59 Å². The normalized spacial score (nSPS) is 11.6. The molecule has 1 amide bonds. The van der Waals surface area contributed by atoms with Gasteiger partial charge in [0, 0.05) is 29.9 Å². The molecule has 1 atom stereocenters. The van der Waals surface area contributed by atoms with Crippen molar-refractivity contribution < 1.29 is 19.1 Å². The Labute approximate surface area is 182 Å². The van der Waals surface area contributed by atoms with Crippen LogP contribution in [0.15, 0.2) is 73.1 Å². The molecule has 0 unspecified atom stereocenters. The molecule has 2 N–H and O–H groups in total. The third-order valence-electron chi connectivity index (χ3n) is 4.94. The summed E-state index contributed by atoms with van der Waals surface area (Å²) in [5.74, 6) is -0.154. The van der Waals surface area contributed by atoms with Gasteiger partial charge in [0.05, 0.1) is 0 Å². The Hall–Kier alpha value is -3.54. The molecule has 0 aliphatic rings. The fourth-order valence-electron chi connectivity index (χ4n) is 3.26. The summed E-state index contributed by atoms with van der Waals surface area (Å²) in [4.78, 5) is 28.4. The lowest BCUT2D eigenvalue weighted by Crippen LogP contribution is -2.43. The van der Waals surface area contributed by atoms with Gasteiger partial charge in [-0.3, -0.25) is 0 Å². The van der Waals surface area contributed by atoms with Crippen LogP contribution in [0, 0.1) is 0 Å². The molecule has 3 rings (SSSR count). The first-order chi connectivity index (χ1) is 15.1. The third-order valence-corrected chi connectivity index (χ3v) is 4.94. The number of fused-ring (bicyclic) bond motifs is 1. The Morgan fingerprint density at radius 3 is 2.61 bits per heavy atom. The molecule has 0 fully saturated rings. The van der Waals surface area contributed by atoms with E-state index in [9.17, 15) is 9.59 Å². The predicted molar refractivity (Wildman–Crippen MR) is 120 cm³/mol. The van der Waals surface area contributed by atoms with Crippen molar-refractivity contribution in [2.45, 2.75) is 45.3 Å². The molecule has 0 radical (unpaired) electrons. The van der Waals surface area contributed by atoms with Crippen molar-refractivity contribution in [3.8, 4) is 0 Å². The van der Waals surface area contributed by atoms with Gasteiger partial charge in [-0.2, -0.15) is 0 Å². The number of esters is 1. The number of H-pyrrole nitrogens is 1. The van der Waals surface area contributed by atoms with Crippen LogP contribution in [0.25, 0.3) is 10.9 Å². The van der Waals surface area contributed by atoms with Gasteiger partial charge >= 0.3 is 12.1 Å². The Bertz CT molecular complexity index is 1030. The number of nitrogens with one attached hydrogen (secondary N) is 2. The molecule has 6 heteroatoms. The third kappa shape index (κ3) is 6.47. The molecule has 0 bridgehead atoms. The van der Waals surface area contributed by atoms with Gasteiger partial charge in [0.2, 0.25) is 0 Å². The summed E-state index contributed by atoms with van der Waals surface area (Å²) >= 11 is 0. The minimum atomic E-state index is -0.902. The topological polar surface area (TPSA) is 80.4 Å². The fourth-order valence-corrected chi connectivity index (χ4v) is 3.26. The highest BCUT2D eigenvalue weighted by atomic mass is 16.6. The van der Waals surface area contributed by atoms with Gasteiger partial charge in [-0.1, -0.05) is 68.5 Å². The standard InChI is InChI=1S/C25H28N2O4/c1-3-4-10-18(2)31-24(28)23(15-20-16-26-22-14-9-8-13-21(20)22)27-25(29)30-17-19-11-6-5-7-12-19/h5-9,11-14,16,23,26H,2-4,10,15,17H2,1H3,(H,27,29)/t23-/m1/s1. The van der Waals surface area contributed by atoms with E-state index in [1.165, 1.54) is 0 Å². The van der Waals surface area contributed by atoms with E-state index >= 15 is 0 Å². The number of amides is 1. The number of unbranched alkanes of at least 4 members (excludes halogenated alkanes) is 1. The van der Waals surface area contributed by atoms with Crippen LogP contribution >= 0.6 is 0 Å². The highest BCUT2D eigenvalue weighted by molar-refractivity contribution is 5.86. The monoisotopic (exact) mass is 420 g/mol. The number of hydrogen-bond acceptors (Lipinski definition) is 4. The number of carbonyl (C=O) groups is 2. The van der Waals surface area contributed by atoms with E-state index in [2.05, 4.69) is 23.8 Å². The van der Waals surface area contributed by atoms with Gasteiger partial charge in [0.15, 0.2) is 0 Å². The Morgan fingerprint density at radius 2 is 1.84 bits per heavy atom. The van der Waals surface area contributed by atoms with Crippen LogP contribution in [0.5, 0.6) is 0 Å². The number of benzene rings is 2. The summed E-state index contributed by atoms with van der Waals surface area (Å²) in [6.07, 6.45) is 3.88. The number of hydrogen-bond donors (Lipinski definition) is 2. The van der Waals surface area contributed by atoms with Crippen molar-refractivity contribution >= 4 is 23.0 Å². The van der Waals surface area contributed by atoms with Crippen molar-refractivity contribution in [1.82, 2.24) is 10.3 Å². The summed E-state index contributed by atoms with van der Waals surface area (Å²) < 4.78 is 10.7. The van der Waals surface area contributed by atoms with E-state index in [-0.39, 0.29) is 13.0 Å². The van der Waals surface area contributed by atoms with Crippen molar-refractivity contribution in [2.24, 2.45) is 0 Å². The molecular weight excluding hydrogens is 392 g/mol. The maximum Gasteiger partial charge on any atom is 0.408 e. The molecule has 162 valence electrons. The lowest BCUT2D eigenvalue weighted by molar-refractivity contribution is -0.142. The molecule has 0 aliphatic carbocycles. The molecule has 31 heavy (non-hydrogen) atoms. The van der Waals surface area contributed by atoms with Crippen LogP contribution in [0.4, 0.5) is 4.79 Å². The highest BCUT2D eigenvalue weighted by Gasteiger charge is 2.25. The maximum absolute atomic E-state index is 12.8. The van der Waals surface area contributed by atoms with Gasteiger partial charge in [0.1, 0.15) is 18.4 Å². The van der Waals surface area contributed by atoms with Crippen molar-refractivity contribution in [3.63, 3.8) is 0 Å². The van der Waals surface area contributed by atoms with Crippen LogP contribution in [0.2, 0.25) is 0 Å². The SMILES string of the molecule is C=C(CCCC)OC(=O)[C@@H](Cc1c[nH]c2ccccc12)NC(=O)OCc1ccccc1. The lowest BCUT2D eigenvalue weighted by atomic mass is 10.1. The second-order valence-corrected chi connectivity index (χ2v) is 7.39. The van der Waals surface area contributed by atoms with Crippen molar-refractivity contribution in [1.29, 1.82) is 0 Å². The van der Waals surface area contributed by atoms with E-state index in [4.69, 9.17) is 9.47 Å². The summed E-state index contributed by atoms with van der Waals surface area (Å²) in [5, 5.41) is 3.65. The fraction of sp³-hybridized carbons (Fsp3) is 0.280. The highest BCUT2D eigenvalue weighted by Crippen LogP contribution is 2.20. The van der Waals surface area contributed by atoms with E-state index in [1.807, 2.05) is 60.8 Å². The quantitative estimate of drug-likeness (QED) is 0.347. The van der Waals surface area contributed by atoms with Gasteiger partial charge in [0.25, 0.3) is 0 Å². The molecule has 0 saturated carbocycles. The zero-order valence-corrected chi connectivity index (χ0v) is 17.7. The molecule has 1 heterocycles. The molecule has 1 aromatic heterocycles. The number of ether oxygens (including phenoxy) is 2. The first-order valence-corrected chi connectivity index (χ1v) is 10.5. The Morgan fingerprint density at radius 1 is 1.10 bits per heavy atom. The summed E-state index contributed by atoms with van der Waals surface area (Å²) in [7, 11) is 0. The number of aromatic amines is 1. The van der Waals surface area contributed by atoms with Crippen molar-refractivity contribution in [2.75, 3.05) is 0 Å². The van der Waals surface area contributed by atoms with Crippen LogP contribution in [0.3, 0.4) is 0 Å². The average molecular weight is 421 g/mol. The summed E-state index contributed by atoms with van der Waals surface area (Å²) in [6, 6.07) is 16.3. The second kappa shape index (κ2) is 11.0. The van der Waals surface area contributed by atoms with E-state index < -0.39 is 18.1 Å². The van der Waals surface area contributed by atoms with Crippen LogP contribution in [-0.4, -0.2) is 23.1 Å². The molecule has 2 aromatic carbocycles. The molecule has 0 aliphatic heterocycles. The Kier molecular flexibility index (Phi) is 7.87. The van der Waals surface area contributed by atoms with Crippen molar-refractivity contribution in [3.05, 3.63) is 84.3 Å². The first-order valence-electron chi connectivity index (χ1n) is 10.5. The first kappa shape index (κ1) is 22.2.